The van der Waals surface area contributed by atoms with Crippen LogP contribution in [-0.2, 0) is 14.3 Å². The number of nitrogens with zero attached hydrogens (tertiary/aromatic N) is 1. The van der Waals surface area contributed by atoms with Crippen LogP contribution in [-0.4, -0.2) is 47.7 Å². The largest absolute Gasteiger partial charge is 0.393 e. The van der Waals surface area contributed by atoms with Gasteiger partial charge in [0.1, 0.15) is 13.2 Å². The third kappa shape index (κ3) is 2.35. The van der Waals surface area contributed by atoms with Gasteiger partial charge in [-0.1, -0.05) is 0 Å². The predicted octanol–water partition coefficient (Wildman–Crippen LogP) is -0.467. The first kappa shape index (κ1) is 10.6. The highest BCUT2D eigenvalue weighted by Crippen LogP contribution is 2.26. The Hall–Kier alpha value is -0.940. The Morgan fingerprint density at radius 1 is 1.27 bits per heavy atom. The number of imide groups is 1. The lowest BCUT2D eigenvalue weighted by Crippen LogP contribution is -2.47. The maximum Gasteiger partial charge on any atom is 0.255 e. The molecule has 1 saturated carbocycles. The van der Waals surface area contributed by atoms with Gasteiger partial charge in [-0.05, 0) is 25.2 Å². The van der Waals surface area contributed by atoms with Crippen LogP contribution >= 0.6 is 0 Å². The summed E-state index contributed by atoms with van der Waals surface area (Å²) in [7, 11) is 0. The second-order valence-corrected chi connectivity index (χ2v) is 4.22. The third-order valence-electron chi connectivity index (χ3n) is 3.01. The Bertz CT molecular complexity index is 263. The Balaban J connectivity index is 1.92. The fourth-order valence-corrected chi connectivity index (χ4v) is 2.20. The fourth-order valence-electron chi connectivity index (χ4n) is 2.20. The molecule has 1 N–H and O–H groups in total. The summed E-state index contributed by atoms with van der Waals surface area (Å²) in [6.07, 6.45) is 2.09. The van der Waals surface area contributed by atoms with Crippen LogP contribution in [0, 0.1) is 5.92 Å². The summed E-state index contributed by atoms with van der Waals surface area (Å²) in [6.45, 7) is 0.445. The first-order chi connectivity index (χ1) is 7.16. The summed E-state index contributed by atoms with van der Waals surface area (Å²) in [4.78, 5) is 24.1. The molecule has 0 radical (unpaired) electrons. The SMILES string of the molecule is O=C1COCC(=O)N1CC1CCC(O)C1. The van der Waals surface area contributed by atoms with Gasteiger partial charge in [-0.25, -0.2) is 0 Å². The van der Waals surface area contributed by atoms with Crippen molar-refractivity contribution in [2.24, 2.45) is 5.92 Å². The molecule has 2 atom stereocenters. The van der Waals surface area contributed by atoms with Gasteiger partial charge in [-0.2, -0.15) is 0 Å². The standard InChI is InChI=1S/C10H15NO4/c12-8-2-1-7(3-8)4-11-9(13)5-15-6-10(11)14/h7-8,12H,1-6H2. The van der Waals surface area contributed by atoms with E-state index in [0.29, 0.717) is 13.0 Å². The van der Waals surface area contributed by atoms with Crippen LogP contribution in [0.1, 0.15) is 19.3 Å². The summed E-state index contributed by atoms with van der Waals surface area (Å²) in [6, 6.07) is 0. The van der Waals surface area contributed by atoms with Crippen molar-refractivity contribution in [3.05, 3.63) is 0 Å². The van der Waals surface area contributed by atoms with Gasteiger partial charge in [-0.3, -0.25) is 14.5 Å². The normalized spacial score (nSPS) is 32.5. The average Bonchev–Trinajstić information content (AvgIpc) is 2.58. The van der Waals surface area contributed by atoms with Crippen LogP contribution < -0.4 is 0 Å². The minimum Gasteiger partial charge on any atom is -0.393 e. The molecule has 84 valence electrons. The zero-order chi connectivity index (χ0) is 10.8. The smallest absolute Gasteiger partial charge is 0.255 e. The third-order valence-corrected chi connectivity index (χ3v) is 3.01. The van der Waals surface area contributed by atoms with Crippen LogP contribution in [0.15, 0.2) is 0 Å². The van der Waals surface area contributed by atoms with E-state index in [9.17, 15) is 14.7 Å². The second kappa shape index (κ2) is 4.28. The molecule has 1 heterocycles. The Kier molecular flexibility index (Phi) is 3.02. The molecule has 2 fully saturated rings. The lowest BCUT2D eigenvalue weighted by atomic mass is 10.1. The second-order valence-electron chi connectivity index (χ2n) is 4.22. The number of aliphatic hydroxyl groups excluding tert-OH is 1. The number of amides is 2. The summed E-state index contributed by atoms with van der Waals surface area (Å²) in [5.74, 6) is -0.258. The summed E-state index contributed by atoms with van der Waals surface area (Å²) in [5, 5.41) is 9.35. The van der Waals surface area contributed by atoms with Gasteiger partial charge in [0.05, 0.1) is 6.10 Å². The molecule has 0 aromatic rings. The quantitative estimate of drug-likeness (QED) is 0.630. The molecule has 15 heavy (non-hydrogen) atoms. The maximum atomic E-state index is 11.4. The van der Waals surface area contributed by atoms with Crippen LogP contribution in [0.4, 0.5) is 0 Å². The lowest BCUT2D eigenvalue weighted by molar-refractivity contribution is -0.159. The minimum atomic E-state index is -0.263. The number of carbonyl (C=O) groups excluding carboxylic acids is 2. The number of hydrogen-bond donors (Lipinski definition) is 1. The molecule has 1 saturated heterocycles. The van der Waals surface area contributed by atoms with E-state index in [0.717, 1.165) is 12.8 Å². The molecule has 2 rings (SSSR count). The highest BCUT2D eigenvalue weighted by atomic mass is 16.5. The molecule has 2 amide bonds. The van der Waals surface area contributed by atoms with Gasteiger partial charge < -0.3 is 9.84 Å². The van der Waals surface area contributed by atoms with E-state index in [2.05, 4.69) is 0 Å². The molecule has 0 aromatic carbocycles. The van der Waals surface area contributed by atoms with E-state index >= 15 is 0 Å². The van der Waals surface area contributed by atoms with Crippen LogP contribution in [0.25, 0.3) is 0 Å². The number of rotatable bonds is 2. The van der Waals surface area contributed by atoms with Crippen LogP contribution in [0.5, 0.6) is 0 Å². The molecule has 0 bridgehead atoms. The minimum absolute atomic E-state index is 0.00101. The van der Waals surface area contributed by atoms with Crippen molar-refractivity contribution in [2.75, 3.05) is 19.8 Å². The predicted molar refractivity (Wildman–Crippen MR) is 50.9 cm³/mol. The molecule has 0 spiro atoms. The summed E-state index contributed by atoms with van der Waals surface area (Å²) >= 11 is 0. The topological polar surface area (TPSA) is 66.8 Å². The van der Waals surface area contributed by atoms with E-state index < -0.39 is 0 Å². The van der Waals surface area contributed by atoms with Crippen LogP contribution in [0.2, 0.25) is 0 Å². The van der Waals surface area contributed by atoms with Gasteiger partial charge in [0.25, 0.3) is 11.8 Å². The van der Waals surface area contributed by atoms with Crippen molar-refractivity contribution in [1.29, 1.82) is 0 Å². The summed E-state index contributed by atoms with van der Waals surface area (Å²) < 4.78 is 4.82. The van der Waals surface area contributed by atoms with E-state index in [1.165, 1.54) is 4.90 Å². The highest BCUT2D eigenvalue weighted by Gasteiger charge is 2.31. The van der Waals surface area contributed by atoms with E-state index in [4.69, 9.17) is 4.74 Å². The number of hydrogen-bond acceptors (Lipinski definition) is 4. The van der Waals surface area contributed by atoms with Gasteiger partial charge in [-0.15, -0.1) is 0 Å². The van der Waals surface area contributed by atoms with E-state index in [-0.39, 0.29) is 37.0 Å². The molecule has 1 aliphatic carbocycles. The molecular formula is C10H15NO4. The zero-order valence-electron chi connectivity index (χ0n) is 8.52. The number of ether oxygens (including phenoxy) is 1. The highest BCUT2D eigenvalue weighted by molar-refractivity contribution is 5.98. The molecule has 2 unspecified atom stereocenters. The Morgan fingerprint density at radius 3 is 2.47 bits per heavy atom. The van der Waals surface area contributed by atoms with Crippen molar-refractivity contribution in [1.82, 2.24) is 4.90 Å². The molecule has 5 nitrogen and oxygen atoms in total. The monoisotopic (exact) mass is 213 g/mol. The zero-order valence-corrected chi connectivity index (χ0v) is 8.52. The van der Waals surface area contributed by atoms with Crippen molar-refractivity contribution in [3.63, 3.8) is 0 Å². The lowest BCUT2D eigenvalue weighted by Gasteiger charge is -2.27. The Morgan fingerprint density at radius 2 is 1.93 bits per heavy atom. The van der Waals surface area contributed by atoms with Crippen LogP contribution in [0.3, 0.4) is 0 Å². The molecule has 5 heteroatoms. The molecular weight excluding hydrogens is 198 g/mol. The first-order valence-corrected chi connectivity index (χ1v) is 5.26. The summed E-state index contributed by atoms with van der Waals surface area (Å²) in [5.41, 5.74) is 0. The fraction of sp³-hybridized carbons (Fsp3) is 0.800. The van der Waals surface area contributed by atoms with Gasteiger partial charge in [0.15, 0.2) is 0 Å². The molecule has 2 aliphatic rings. The maximum absolute atomic E-state index is 11.4. The number of morpholine rings is 1. The average molecular weight is 213 g/mol. The number of aliphatic hydroxyl groups is 1. The van der Waals surface area contributed by atoms with Crippen molar-refractivity contribution in [3.8, 4) is 0 Å². The Labute approximate surface area is 88.0 Å². The van der Waals surface area contributed by atoms with E-state index in [1.807, 2.05) is 0 Å². The van der Waals surface area contributed by atoms with Crippen molar-refractivity contribution >= 4 is 11.8 Å². The first-order valence-electron chi connectivity index (χ1n) is 5.26. The van der Waals surface area contributed by atoms with Crippen molar-refractivity contribution < 1.29 is 19.4 Å². The van der Waals surface area contributed by atoms with Gasteiger partial charge >= 0.3 is 0 Å². The van der Waals surface area contributed by atoms with E-state index in [1.54, 1.807) is 0 Å². The van der Waals surface area contributed by atoms with Crippen molar-refractivity contribution in [2.45, 2.75) is 25.4 Å². The number of carbonyl (C=O) groups is 2. The van der Waals surface area contributed by atoms with Gasteiger partial charge in [0, 0.05) is 6.54 Å². The molecule has 1 aliphatic heterocycles. The molecule has 0 aromatic heterocycles. The van der Waals surface area contributed by atoms with Gasteiger partial charge in [0.2, 0.25) is 0 Å².